The van der Waals surface area contributed by atoms with Crippen molar-refractivity contribution in [2.75, 3.05) is 6.54 Å². The molecular formula is C8H17ClN3O2-. The first-order valence-corrected chi connectivity index (χ1v) is 4.29. The van der Waals surface area contributed by atoms with Crippen molar-refractivity contribution in [3.63, 3.8) is 0 Å². The Morgan fingerprint density at radius 2 is 2.07 bits per heavy atom. The molecule has 14 heavy (non-hydrogen) atoms. The second-order valence-electron chi connectivity index (χ2n) is 2.96. The van der Waals surface area contributed by atoms with Gasteiger partial charge < -0.3 is 29.0 Å². The summed E-state index contributed by atoms with van der Waals surface area (Å²) in [6, 6.07) is -0.747. The van der Waals surface area contributed by atoms with Crippen LogP contribution in [0.5, 0.6) is 0 Å². The van der Waals surface area contributed by atoms with Crippen LogP contribution in [0, 0.1) is 0 Å². The zero-order valence-corrected chi connectivity index (χ0v) is 9.00. The van der Waals surface area contributed by atoms with Crippen molar-refractivity contribution < 1.29 is 22.3 Å². The van der Waals surface area contributed by atoms with Crippen molar-refractivity contribution in [2.24, 2.45) is 16.5 Å². The minimum atomic E-state index is -0.946. The van der Waals surface area contributed by atoms with Gasteiger partial charge in [0, 0.05) is 6.54 Å². The zero-order chi connectivity index (χ0) is 10.3. The molecule has 0 unspecified atom stereocenters. The first-order valence-electron chi connectivity index (χ1n) is 4.29. The number of hydrogen-bond donors (Lipinski definition) is 3. The number of hydrogen-bond acceptors (Lipinski definition) is 3. The predicted octanol–water partition coefficient (Wildman–Crippen LogP) is -3.05. The van der Waals surface area contributed by atoms with Gasteiger partial charge in [-0.2, -0.15) is 0 Å². The molecule has 0 saturated heterocycles. The van der Waals surface area contributed by atoms with Crippen LogP contribution in [0.3, 0.4) is 0 Å². The fourth-order valence-corrected chi connectivity index (χ4v) is 0.855. The minimum Gasteiger partial charge on any atom is -1.00 e. The molecule has 0 aliphatic carbocycles. The summed E-state index contributed by atoms with van der Waals surface area (Å²) in [6.07, 6.45) is 2.09. The first kappa shape index (κ1) is 15.7. The van der Waals surface area contributed by atoms with Crippen LogP contribution in [0.4, 0.5) is 0 Å². The van der Waals surface area contributed by atoms with E-state index in [0.29, 0.717) is 18.8 Å². The molecule has 0 aromatic carbocycles. The highest BCUT2D eigenvalue weighted by molar-refractivity contribution is 5.77. The fourth-order valence-electron chi connectivity index (χ4n) is 0.855. The average Bonchev–Trinajstić information content (AvgIpc) is 2.02. The standard InChI is InChI=1S/C8H17N3O2.ClH/c1-6(9)11-5-3-2-4-7(10)8(12)13;/h7H,2-5,10H2,1H3,(H2,9,11)(H,12,13);1H/p-1/t7-;/m1./s1. The van der Waals surface area contributed by atoms with Crippen LogP contribution in [0.25, 0.3) is 0 Å². The lowest BCUT2D eigenvalue weighted by molar-refractivity contribution is -0.138. The van der Waals surface area contributed by atoms with E-state index in [1.165, 1.54) is 0 Å². The molecule has 0 rings (SSSR count). The molecule has 5 nitrogen and oxygen atoms in total. The molecular weight excluding hydrogens is 206 g/mol. The molecule has 0 bridgehead atoms. The molecule has 6 heteroatoms. The fraction of sp³-hybridized carbons (Fsp3) is 0.750. The molecule has 0 spiro atoms. The Morgan fingerprint density at radius 1 is 1.50 bits per heavy atom. The van der Waals surface area contributed by atoms with Crippen molar-refractivity contribution in [1.82, 2.24) is 0 Å². The molecule has 0 aliphatic rings. The molecule has 5 N–H and O–H groups in total. The second kappa shape index (κ2) is 8.77. The number of carbonyl (C=O) groups is 1. The summed E-state index contributed by atoms with van der Waals surface area (Å²) in [6.45, 7) is 2.37. The quantitative estimate of drug-likeness (QED) is 0.253. The van der Waals surface area contributed by atoms with E-state index in [1.54, 1.807) is 6.92 Å². The molecule has 0 aromatic rings. The average molecular weight is 223 g/mol. The highest BCUT2D eigenvalue weighted by Gasteiger charge is 2.09. The lowest BCUT2D eigenvalue weighted by Gasteiger charge is -2.04. The normalized spacial score (nSPS) is 13.1. The number of amidine groups is 1. The summed E-state index contributed by atoms with van der Waals surface area (Å²) in [4.78, 5) is 14.3. The summed E-state index contributed by atoms with van der Waals surface area (Å²) in [5.41, 5.74) is 10.6. The van der Waals surface area contributed by atoms with E-state index in [-0.39, 0.29) is 12.4 Å². The minimum absolute atomic E-state index is 0. The summed E-state index contributed by atoms with van der Waals surface area (Å²) in [7, 11) is 0. The van der Waals surface area contributed by atoms with Gasteiger partial charge in [-0.15, -0.1) is 0 Å². The van der Waals surface area contributed by atoms with Crippen molar-refractivity contribution in [3.8, 4) is 0 Å². The maximum absolute atomic E-state index is 10.3. The van der Waals surface area contributed by atoms with Crippen LogP contribution in [0.2, 0.25) is 0 Å². The molecule has 84 valence electrons. The lowest BCUT2D eigenvalue weighted by Crippen LogP contribution is -3.00. The number of unbranched alkanes of at least 4 members (excludes halogenated alkanes) is 1. The number of halogens is 1. The number of carboxylic acids is 1. The van der Waals surface area contributed by atoms with Gasteiger partial charge >= 0.3 is 5.97 Å². The van der Waals surface area contributed by atoms with E-state index < -0.39 is 12.0 Å². The number of aliphatic carboxylic acids is 1. The third-order valence-electron chi connectivity index (χ3n) is 1.60. The SMILES string of the molecule is CC(N)=NCCCC[C@@H](N)C(=O)O.[Cl-]. The van der Waals surface area contributed by atoms with E-state index in [9.17, 15) is 4.79 Å². The van der Waals surface area contributed by atoms with E-state index in [1.807, 2.05) is 0 Å². The monoisotopic (exact) mass is 222 g/mol. The summed E-state index contributed by atoms with van der Waals surface area (Å²) < 4.78 is 0. The van der Waals surface area contributed by atoms with Gasteiger partial charge in [-0.05, 0) is 26.2 Å². The highest BCUT2D eigenvalue weighted by Crippen LogP contribution is 1.99. The molecule has 1 atom stereocenters. The van der Waals surface area contributed by atoms with E-state index >= 15 is 0 Å². The largest absolute Gasteiger partial charge is 1.00 e. The van der Waals surface area contributed by atoms with Gasteiger partial charge in [0.1, 0.15) is 6.04 Å². The van der Waals surface area contributed by atoms with Gasteiger partial charge in [-0.1, -0.05) is 0 Å². The molecule has 0 heterocycles. The Labute approximate surface area is 90.0 Å². The smallest absolute Gasteiger partial charge is 0.320 e. The lowest BCUT2D eigenvalue weighted by atomic mass is 10.1. The van der Waals surface area contributed by atoms with Crippen LogP contribution in [-0.2, 0) is 4.79 Å². The molecule has 0 aliphatic heterocycles. The van der Waals surface area contributed by atoms with Crippen molar-refractivity contribution in [2.45, 2.75) is 32.2 Å². The third kappa shape index (κ3) is 9.28. The van der Waals surface area contributed by atoms with Gasteiger partial charge in [-0.25, -0.2) is 0 Å². The Bertz CT molecular complexity index is 193. The zero-order valence-electron chi connectivity index (χ0n) is 8.24. The number of carboxylic acid groups (broad SMARTS) is 1. The highest BCUT2D eigenvalue weighted by atomic mass is 35.5. The number of nitrogens with two attached hydrogens (primary N) is 2. The van der Waals surface area contributed by atoms with Crippen molar-refractivity contribution >= 4 is 11.8 Å². The Morgan fingerprint density at radius 3 is 2.50 bits per heavy atom. The maximum Gasteiger partial charge on any atom is 0.320 e. The topological polar surface area (TPSA) is 102 Å². The molecule has 0 fully saturated rings. The van der Waals surface area contributed by atoms with Gasteiger partial charge in [0.15, 0.2) is 0 Å². The van der Waals surface area contributed by atoms with E-state index in [0.717, 1.165) is 12.8 Å². The Kier molecular flexibility index (Phi) is 9.81. The first-order chi connectivity index (χ1) is 6.04. The number of rotatable bonds is 6. The molecule has 0 radical (unpaired) electrons. The third-order valence-corrected chi connectivity index (χ3v) is 1.60. The van der Waals surface area contributed by atoms with Crippen LogP contribution >= 0.6 is 0 Å². The Balaban J connectivity index is 0. The van der Waals surface area contributed by atoms with Crippen LogP contribution < -0.4 is 23.9 Å². The van der Waals surface area contributed by atoms with Gasteiger partial charge in [0.05, 0.1) is 5.84 Å². The Hall–Kier alpha value is -0.810. The van der Waals surface area contributed by atoms with Crippen LogP contribution in [0.1, 0.15) is 26.2 Å². The van der Waals surface area contributed by atoms with E-state index in [4.69, 9.17) is 16.6 Å². The predicted molar refractivity (Wildman–Crippen MR) is 51.6 cm³/mol. The molecule has 0 aromatic heterocycles. The second-order valence-corrected chi connectivity index (χ2v) is 2.96. The summed E-state index contributed by atoms with van der Waals surface area (Å²) in [5, 5.41) is 8.45. The summed E-state index contributed by atoms with van der Waals surface area (Å²) in [5.74, 6) is -0.388. The number of aliphatic imine (C=N–C) groups is 1. The van der Waals surface area contributed by atoms with Gasteiger partial charge in [0.25, 0.3) is 0 Å². The van der Waals surface area contributed by atoms with Crippen LogP contribution in [-0.4, -0.2) is 29.5 Å². The van der Waals surface area contributed by atoms with Gasteiger partial charge in [0.2, 0.25) is 0 Å². The van der Waals surface area contributed by atoms with Crippen molar-refractivity contribution in [3.05, 3.63) is 0 Å². The summed E-state index contributed by atoms with van der Waals surface area (Å²) >= 11 is 0. The molecule has 0 amide bonds. The van der Waals surface area contributed by atoms with Crippen LogP contribution in [0.15, 0.2) is 4.99 Å². The number of nitrogens with zero attached hydrogens (tertiary/aromatic N) is 1. The van der Waals surface area contributed by atoms with Crippen molar-refractivity contribution in [1.29, 1.82) is 0 Å². The molecule has 0 saturated carbocycles. The maximum atomic E-state index is 10.3. The van der Waals surface area contributed by atoms with E-state index in [2.05, 4.69) is 4.99 Å². The van der Waals surface area contributed by atoms with Gasteiger partial charge in [-0.3, -0.25) is 9.79 Å².